The van der Waals surface area contributed by atoms with Crippen LogP contribution in [0.3, 0.4) is 0 Å². The summed E-state index contributed by atoms with van der Waals surface area (Å²) in [7, 11) is 0. The van der Waals surface area contributed by atoms with E-state index in [4.69, 9.17) is 5.11 Å². The molecule has 0 spiro atoms. The zero-order chi connectivity index (χ0) is 11.8. The zero-order valence-electron chi connectivity index (χ0n) is 9.19. The molecule has 0 saturated carbocycles. The predicted molar refractivity (Wildman–Crippen MR) is 66.8 cm³/mol. The summed E-state index contributed by atoms with van der Waals surface area (Å²) in [5, 5.41) is 14.1. The van der Waals surface area contributed by atoms with Crippen LogP contribution in [0.2, 0.25) is 0 Å². The first-order chi connectivity index (χ1) is 7.76. The average Bonchev–Trinajstić information content (AvgIpc) is 2.30. The molecule has 0 atom stereocenters. The van der Waals surface area contributed by atoms with Gasteiger partial charge in [-0.2, -0.15) is 0 Å². The number of hydrogen-bond donors (Lipinski definition) is 3. The number of anilines is 1. The van der Waals surface area contributed by atoms with Gasteiger partial charge in [-0.05, 0) is 30.5 Å². The molecule has 1 rings (SSSR count). The maximum absolute atomic E-state index is 11.4. The van der Waals surface area contributed by atoms with Gasteiger partial charge in [-0.3, -0.25) is 4.79 Å². The van der Waals surface area contributed by atoms with E-state index < -0.39 is 0 Å². The molecule has 0 aliphatic heterocycles. The number of aliphatic hydroxyl groups excluding tert-OH is 1. The van der Waals surface area contributed by atoms with Crippen molar-refractivity contribution in [1.82, 2.24) is 5.32 Å². The smallest absolute Gasteiger partial charge is 0.238 e. The second-order valence-corrected chi connectivity index (χ2v) is 4.06. The molecule has 1 amide bonds. The van der Waals surface area contributed by atoms with Gasteiger partial charge in [0.15, 0.2) is 0 Å². The fraction of sp³-hybridized carbons (Fsp3) is 0.364. The minimum Gasteiger partial charge on any atom is -0.395 e. The number of hydrogen-bond acceptors (Lipinski definition) is 4. The van der Waals surface area contributed by atoms with E-state index in [1.165, 1.54) is 0 Å². The molecule has 0 radical (unpaired) electrons. The maximum atomic E-state index is 11.4. The second-order valence-electron chi connectivity index (χ2n) is 3.18. The van der Waals surface area contributed by atoms with E-state index in [1.54, 1.807) is 11.8 Å². The van der Waals surface area contributed by atoms with E-state index in [-0.39, 0.29) is 19.1 Å². The Balaban J connectivity index is 2.37. The van der Waals surface area contributed by atoms with Crippen LogP contribution in [0.25, 0.3) is 0 Å². The summed E-state index contributed by atoms with van der Waals surface area (Å²) in [5.41, 5.74) is 0.786. The van der Waals surface area contributed by atoms with Crippen molar-refractivity contribution >= 4 is 23.4 Å². The summed E-state index contributed by atoms with van der Waals surface area (Å²) >= 11 is 1.66. The Morgan fingerprint density at radius 2 is 2.06 bits per heavy atom. The molecule has 1 aromatic rings. The highest BCUT2D eigenvalue weighted by molar-refractivity contribution is 7.98. The van der Waals surface area contributed by atoms with Crippen LogP contribution in [0.4, 0.5) is 5.69 Å². The molecule has 0 bridgehead atoms. The molecule has 0 heterocycles. The van der Waals surface area contributed by atoms with Crippen LogP contribution in [-0.4, -0.2) is 37.0 Å². The highest BCUT2D eigenvalue weighted by atomic mass is 32.2. The van der Waals surface area contributed by atoms with Crippen molar-refractivity contribution in [3.63, 3.8) is 0 Å². The molecule has 0 aliphatic carbocycles. The Hall–Kier alpha value is -1.04. The molecule has 5 heteroatoms. The number of amides is 1. The largest absolute Gasteiger partial charge is 0.395 e. The summed E-state index contributed by atoms with van der Waals surface area (Å²) in [6, 6.07) is 7.66. The lowest BCUT2D eigenvalue weighted by molar-refractivity contribution is -0.115. The first-order valence-corrected chi connectivity index (χ1v) is 6.24. The second kappa shape index (κ2) is 7.27. The van der Waals surface area contributed by atoms with Crippen LogP contribution in [0.1, 0.15) is 0 Å². The van der Waals surface area contributed by atoms with Crippen molar-refractivity contribution in [2.24, 2.45) is 0 Å². The van der Waals surface area contributed by atoms with Crippen LogP contribution in [0.15, 0.2) is 29.2 Å². The molecular formula is C11H16N2O2S. The van der Waals surface area contributed by atoms with Gasteiger partial charge in [0.05, 0.1) is 13.2 Å². The van der Waals surface area contributed by atoms with E-state index >= 15 is 0 Å². The van der Waals surface area contributed by atoms with Crippen molar-refractivity contribution in [2.75, 3.05) is 31.3 Å². The van der Waals surface area contributed by atoms with E-state index in [9.17, 15) is 4.79 Å². The first-order valence-electron chi connectivity index (χ1n) is 5.01. The Morgan fingerprint density at radius 1 is 1.38 bits per heavy atom. The maximum Gasteiger partial charge on any atom is 0.238 e. The number of carbonyl (C=O) groups excluding carboxylic acids is 1. The minimum atomic E-state index is -0.106. The summed E-state index contributed by atoms with van der Waals surface area (Å²) in [6.07, 6.45) is 2.01. The SMILES string of the molecule is CSc1ccc(NC(=O)CNCCO)cc1. The van der Waals surface area contributed by atoms with Crippen molar-refractivity contribution in [3.8, 4) is 0 Å². The summed E-state index contributed by atoms with van der Waals surface area (Å²) < 4.78 is 0. The molecule has 16 heavy (non-hydrogen) atoms. The summed E-state index contributed by atoms with van der Waals surface area (Å²) in [6.45, 7) is 0.680. The van der Waals surface area contributed by atoms with Crippen LogP contribution < -0.4 is 10.6 Å². The van der Waals surface area contributed by atoms with Gasteiger partial charge >= 0.3 is 0 Å². The molecule has 0 unspecified atom stereocenters. The molecule has 3 N–H and O–H groups in total. The van der Waals surface area contributed by atoms with Gasteiger partial charge in [0.2, 0.25) is 5.91 Å². The molecule has 0 aliphatic rings. The lowest BCUT2D eigenvalue weighted by Crippen LogP contribution is -2.29. The number of rotatable bonds is 6. The monoisotopic (exact) mass is 240 g/mol. The molecule has 0 aromatic heterocycles. The number of thioether (sulfide) groups is 1. The van der Waals surface area contributed by atoms with Crippen LogP contribution in [0, 0.1) is 0 Å². The van der Waals surface area contributed by atoms with Gasteiger partial charge in [-0.1, -0.05) is 0 Å². The fourth-order valence-corrected chi connectivity index (χ4v) is 1.57. The Labute approximate surface area is 99.4 Å². The number of benzene rings is 1. The normalized spacial score (nSPS) is 10.1. The number of aliphatic hydroxyl groups is 1. The first kappa shape index (κ1) is 13.0. The quantitative estimate of drug-likeness (QED) is 0.511. The van der Waals surface area contributed by atoms with Gasteiger partial charge in [-0.25, -0.2) is 0 Å². The third-order valence-corrected chi connectivity index (χ3v) is 2.69. The standard InChI is InChI=1S/C11H16N2O2S/c1-16-10-4-2-9(3-5-10)13-11(15)8-12-6-7-14/h2-5,12,14H,6-8H2,1H3,(H,13,15). The topological polar surface area (TPSA) is 61.4 Å². The third-order valence-electron chi connectivity index (χ3n) is 1.95. The summed E-state index contributed by atoms with van der Waals surface area (Å²) in [5.74, 6) is -0.106. The Morgan fingerprint density at radius 3 is 2.62 bits per heavy atom. The van der Waals surface area contributed by atoms with Crippen molar-refractivity contribution in [2.45, 2.75) is 4.90 Å². The molecule has 88 valence electrons. The molecule has 1 aromatic carbocycles. The number of nitrogens with one attached hydrogen (secondary N) is 2. The lowest BCUT2D eigenvalue weighted by atomic mass is 10.3. The minimum absolute atomic E-state index is 0.0374. The van der Waals surface area contributed by atoms with Crippen molar-refractivity contribution < 1.29 is 9.90 Å². The van der Waals surface area contributed by atoms with Crippen LogP contribution in [0.5, 0.6) is 0 Å². The van der Waals surface area contributed by atoms with E-state index in [0.29, 0.717) is 6.54 Å². The van der Waals surface area contributed by atoms with Gasteiger partial charge in [-0.15, -0.1) is 11.8 Å². The van der Waals surface area contributed by atoms with Gasteiger partial charge in [0.1, 0.15) is 0 Å². The Bertz CT molecular complexity index is 327. The van der Waals surface area contributed by atoms with Crippen LogP contribution in [-0.2, 0) is 4.79 Å². The van der Waals surface area contributed by atoms with E-state index in [0.717, 1.165) is 10.6 Å². The fourth-order valence-electron chi connectivity index (χ4n) is 1.16. The zero-order valence-corrected chi connectivity index (χ0v) is 10.0. The molecule has 4 nitrogen and oxygen atoms in total. The predicted octanol–water partition coefficient (Wildman–Crippen LogP) is 0.929. The molecule has 0 saturated heterocycles. The van der Waals surface area contributed by atoms with Gasteiger partial charge in [0.25, 0.3) is 0 Å². The van der Waals surface area contributed by atoms with Crippen molar-refractivity contribution in [1.29, 1.82) is 0 Å². The van der Waals surface area contributed by atoms with E-state index in [2.05, 4.69) is 10.6 Å². The highest BCUT2D eigenvalue weighted by Crippen LogP contribution is 2.17. The average molecular weight is 240 g/mol. The summed E-state index contributed by atoms with van der Waals surface area (Å²) in [4.78, 5) is 12.5. The molecule has 0 fully saturated rings. The van der Waals surface area contributed by atoms with Crippen LogP contribution >= 0.6 is 11.8 Å². The Kier molecular flexibility index (Phi) is 5.92. The number of carbonyl (C=O) groups is 1. The van der Waals surface area contributed by atoms with Gasteiger partial charge in [0, 0.05) is 17.1 Å². The highest BCUT2D eigenvalue weighted by Gasteiger charge is 2.00. The third kappa shape index (κ3) is 4.65. The van der Waals surface area contributed by atoms with Gasteiger partial charge < -0.3 is 15.7 Å². The lowest BCUT2D eigenvalue weighted by Gasteiger charge is -2.06. The van der Waals surface area contributed by atoms with E-state index in [1.807, 2.05) is 30.5 Å². The van der Waals surface area contributed by atoms with Crippen molar-refractivity contribution in [3.05, 3.63) is 24.3 Å². The molecular weight excluding hydrogens is 224 g/mol.